The standard InChI is InChI=1S/C29H48O3/c1-17(23-16-28(6,30)25(2,3)32-23)20-8-9-21-19-14-24(31-7)29-15-18(29)10-13-27(29,5)22(19)11-12-26(20,21)4/h17-24,30H,8-16H2,1-7H3/t17-,18-,19-,20+,21-,22-,23+,24+,26+,27+,28+,29-/m0/s1. The molecule has 0 radical (unpaired) electrons. The van der Waals surface area contributed by atoms with Gasteiger partial charge in [-0.2, -0.15) is 0 Å². The topological polar surface area (TPSA) is 38.7 Å². The SMILES string of the molecule is CO[C@@H]1C[C@H]2[C@@H]3CC[C@H]([C@H](C)[C@H]4C[C@@](C)(O)C(C)(C)O4)[C@@]3(C)CC[C@@H]2[C@@]2(C)CC[C@H]3C[C@]312. The van der Waals surface area contributed by atoms with Crippen molar-refractivity contribution in [3.8, 4) is 0 Å². The van der Waals surface area contributed by atoms with Gasteiger partial charge in [0.1, 0.15) is 0 Å². The molecule has 0 unspecified atom stereocenters. The molecule has 5 saturated carbocycles. The summed E-state index contributed by atoms with van der Waals surface area (Å²) in [6.45, 7) is 13.9. The van der Waals surface area contributed by atoms with Gasteiger partial charge in [-0.3, -0.25) is 0 Å². The van der Waals surface area contributed by atoms with Crippen LogP contribution in [0.25, 0.3) is 0 Å². The van der Waals surface area contributed by atoms with Crippen molar-refractivity contribution in [1.82, 2.24) is 0 Å². The monoisotopic (exact) mass is 444 g/mol. The number of hydrogen-bond donors (Lipinski definition) is 1. The normalized spacial score (nSPS) is 60.9. The van der Waals surface area contributed by atoms with Crippen LogP contribution in [0.2, 0.25) is 0 Å². The van der Waals surface area contributed by atoms with E-state index in [1.165, 1.54) is 51.4 Å². The van der Waals surface area contributed by atoms with Gasteiger partial charge in [0, 0.05) is 18.9 Å². The lowest BCUT2D eigenvalue weighted by Crippen LogP contribution is -2.57. The van der Waals surface area contributed by atoms with E-state index in [0.29, 0.717) is 34.2 Å². The molecular weight excluding hydrogens is 396 g/mol. The third-order valence-corrected chi connectivity index (χ3v) is 13.5. The van der Waals surface area contributed by atoms with Crippen molar-refractivity contribution in [2.45, 2.75) is 123 Å². The molecular formula is C29H48O3. The van der Waals surface area contributed by atoms with Crippen LogP contribution in [0.3, 0.4) is 0 Å². The van der Waals surface area contributed by atoms with Crippen molar-refractivity contribution in [3.63, 3.8) is 0 Å². The lowest BCUT2D eigenvalue weighted by Gasteiger charge is -2.61. The third kappa shape index (κ3) is 2.50. The molecule has 5 aliphatic carbocycles. The summed E-state index contributed by atoms with van der Waals surface area (Å²) in [6, 6.07) is 0. The summed E-state index contributed by atoms with van der Waals surface area (Å²) in [7, 11) is 2.00. The van der Waals surface area contributed by atoms with E-state index in [1.807, 2.05) is 14.0 Å². The van der Waals surface area contributed by atoms with Gasteiger partial charge < -0.3 is 14.6 Å². The third-order valence-electron chi connectivity index (χ3n) is 13.5. The molecule has 3 heteroatoms. The molecule has 3 nitrogen and oxygen atoms in total. The highest BCUT2D eigenvalue weighted by Crippen LogP contribution is 2.82. The number of ether oxygens (including phenoxy) is 2. The summed E-state index contributed by atoms with van der Waals surface area (Å²) < 4.78 is 12.8. The maximum absolute atomic E-state index is 11.0. The maximum Gasteiger partial charge on any atom is 0.0927 e. The first-order valence-corrected chi connectivity index (χ1v) is 13.8. The molecule has 1 spiro atoms. The summed E-state index contributed by atoms with van der Waals surface area (Å²) in [5.74, 6) is 4.78. The highest BCUT2D eigenvalue weighted by Gasteiger charge is 2.77. The van der Waals surface area contributed by atoms with Gasteiger partial charge in [0.15, 0.2) is 0 Å². The number of fused-ring (bicyclic) bond motifs is 4. The predicted octanol–water partition coefficient (Wildman–Crippen LogP) is 6.22. The van der Waals surface area contributed by atoms with E-state index < -0.39 is 11.2 Å². The van der Waals surface area contributed by atoms with E-state index in [0.717, 1.165) is 30.1 Å². The average Bonchev–Trinajstić information content (AvgIpc) is 3.12. The van der Waals surface area contributed by atoms with Gasteiger partial charge in [-0.15, -0.1) is 0 Å². The van der Waals surface area contributed by atoms with E-state index in [9.17, 15) is 5.11 Å². The average molecular weight is 445 g/mol. The van der Waals surface area contributed by atoms with Gasteiger partial charge in [0.25, 0.3) is 0 Å². The van der Waals surface area contributed by atoms with Crippen molar-refractivity contribution in [2.75, 3.05) is 7.11 Å². The number of methoxy groups -OCH3 is 1. The lowest BCUT2D eigenvalue weighted by molar-refractivity contribution is -0.164. The van der Waals surface area contributed by atoms with Crippen molar-refractivity contribution < 1.29 is 14.6 Å². The van der Waals surface area contributed by atoms with E-state index >= 15 is 0 Å². The highest BCUT2D eigenvalue weighted by molar-refractivity contribution is 5.26. The molecule has 6 aliphatic rings. The van der Waals surface area contributed by atoms with Crippen LogP contribution in [0.5, 0.6) is 0 Å². The molecule has 6 rings (SSSR count). The number of aliphatic hydroxyl groups is 1. The zero-order valence-electron chi connectivity index (χ0n) is 21.7. The van der Waals surface area contributed by atoms with Crippen LogP contribution in [0.1, 0.15) is 99.3 Å². The first kappa shape index (κ1) is 22.4. The molecule has 1 saturated heterocycles. The lowest BCUT2D eigenvalue weighted by atomic mass is 9.45. The van der Waals surface area contributed by atoms with E-state index in [-0.39, 0.29) is 6.10 Å². The summed E-state index contributed by atoms with van der Waals surface area (Å²) in [5, 5.41) is 11.0. The van der Waals surface area contributed by atoms with E-state index in [4.69, 9.17) is 9.47 Å². The minimum Gasteiger partial charge on any atom is -0.387 e. The Labute approximate surface area is 196 Å². The van der Waals surface area contributed by atoms with Gasteiger partial charge in [0.05, 0.1) is 23.4 Å². The molecule has 6 fully saturated rings. The Bertz CT molecular complexity index is 773. The number of hydrogen-bond acceptors (Lipinski definition) is 3. The molecule has 0 bridgehead atoms. The molecule has 0 amide bonds. The largest absolute Gasteiger partial charge is 0.387 e. The second-order valence-corrected chi connectivity index (χ2v) is 14.5. The van der Waals surface area contributed by atoms with Gasteiger partial charge in [-0.25, -0.2) is 0 Å². The Morgan fingerprint density at radius 2 is 1.69 bits per heavy atom. The molecule has 1 heterocycles. The van der Waals surface area contributed by atoms with E-state index in [1.54, 1.807) is 0 Å². The fraction of sp³-hybridized carbons (Fsp3) is 1.00. The molecule has 12 atom stereocenters. The number of rotatable bonds is 3. The molecule has 32 heavy (non-hydrogen) atoms. The minimum atomic E-state index is -0.732. The predicted molar refractivity (Wildman–Crippen MR) is 127 cm³/mol. The molecule has 0 aromatic carbocycles. The zero-order chi connectivity index (χ0) is 22.9. The van der Waals surface area contributed by atoms with Gasteiger partial charge in [-0.1, -0.05) is 20.8 Å². The Balaban J connectivity index is 1.26. The quantitative estimate of drug-likeness (QED) is 0.561. The summed E-state index contributed by atoms with van der Waals surface area (Å²) in [4.78, 5) is 0. The van der Waals surface area contributed by atoms with Crippen molar-refractivity contribution in [3.05, 3.63) is 0 Å². The van der Waals surface area contributed by atoms with Crippen molar-refractivity contribution in [2.24, 2.45) is 51.8 Å². The molecule has 0 aromatic heterocycles. The summed E-state index contributed by atoms with van der Waals surface area (Å²) in [5.41, 5.74) is 0.275. The smallest absolute Gasteiger partial charge is 0.0927 e. The maximum atomic E-state index is 11.0. The van der Waals surface area contributed by atoms with Crippen LogP contribution in [0.4, 0.5) is 0 Å². The van der Waals surface area contributed by atoms with Crippen molar-refractivity contribution >= 4 is 0 Å². The van der Waals surface area contributed by atoms with Gasteiger partial charge in [0.2, 0.25) is 0 Å². The summed E-state index contributed by atoms with van der Waals surface area (Å²) in [6.07, 6.45) is 12.7. The second kappa shape index (κ2) is 6.55. The Morgan fingerprint density at radius 1 is 0.938 bits per heavy atom. The highest BCUT2D eigenvalue weighted by atomic mass is 16.5. The van der Waals surface area contributed by atoms with Crippen LogP contribution < -0.4 is 0 Å². The van der Waals surface area contributed by atoms with Crippen LogP contribution in [0, 0.1) is 51.8 Å². The van der Waals surface area contributed by atoms with Crippen LogP contribution in [0.15, 0.2) is 0 Å². The van der Waals surface area contributed by atoms with E-state index in [2.05, 4.69) is 34.6 Å². The van der Waals surface area contributed by atoms with Crippen LogP contribution in [-0.4, -0.2) is 35.6 Å². The summed E-state index contributed by atoms with van der Waals surface area (Å²) >= 11 is 0. The fourth-order valence-corrected chi connectivity index (χ4v) is 11.2. The first-order chi connectivity index (χ1) is 14.9. The molecule has 182 valence electrons. The second-order valence-electron chi connectivity index (χ2n) is 14.5. The minimum absolute atomic E-state index is 0.180. The van der Waals surface area contributed by atoms with Gasteiger partial charge in [-0.05, 0) is 118 Å². The van der Waals surface area contributed by atoms with Crippen LogP contribution >= 0.6 is 0 Å². The molecule has 1 aliphatic heterocycles. The Hall–Kier alpha value is -0.120. The van der Waals surface area contributed by atoms with Gasteiger partial charge >= 0.3 is 0 Å². The fourth-order valence-electron chi connectivity index (χ4n) is 11.2. The molecule has 0 aromatic rings. The first-order valence-electron chi connectivity index (χ1n) is 13.8. The molecule has 1 N–H and O–H groups in total. The Morgan fingerprint density at radius 3 is 2.31 bits per heavy atom. The zero-order valence-corrected chi connectivity index (χ0v) is 21.7. The van der Waals surface area contributed by atoms with Crippen LogP contribution in [-0.2, 0) is 9.47 Å². The Kier molecular flexibility index (Phi) is 4.57. The van der Waals surface area contributed by atoms with Crippen molar-refractivity contribution in [1.29, 1.82) is 0 Å².